The quantitative estimate of drug-likeness (QED) is 0.217. The molecule has 4 heterocycles. The van der Waals surface area contributed by atoms with Crippen molar-refractivity contribution in [1.29, 1.82) is 0 Å². The number of nitrogens with one attached hydrogen (secondary N) is 1. The minimum absolute atomic E-state index is 0.00497. The summed E-state index contributed by atoms with van der Waals surface area (Å²) >= 11 is 12.7. The molecule has 3 aromatic rings. The number of aromatic nitrogens is 3. The third-order valence-electron chi connectivity index (χ3n) is 8.40. The SMILES string of the molecule is CC(=O)NCC1CCN(Cc2cc(Oc3cnc(N4CCN(CC(C)C(=O)OC(N)=O)CC4)nc3)nc(-c3cc(Cl)cc(Cl)c3)c2)CC1. The van der Waals surface area contributed by atoms with E-state index in [2.05, 4.69) is 34.7 Å². The highest BCUT2D eigenvalue weighted by atomic mass is 35.5. The molecule has 256 valence electrons. The van der Waals surface area contributed by atoms with E-state index in [-0.39, 0.29) is 5.91 Å². The number of piperidine rings is 1. The highest BCUT2D eigenvalue weighted by Gasteiger charge is 2.25. The lowest BCUT2D eigenvalue weighted by Gasteiger charge is -2.35. The van der Waals surface area contributed by atoms with Crippen LogP contribution < -0.4 is 20.7 Å². The Morgan fingerprint density at radius 2 is 1.62 bits per heavy atom. The van der Waals surface area contributed by atoms with Crippen molar-refractivity contribution in [2.24, 2.45) is 17.6 Å². The predicted molar refractivity (Wildman–Crippen MR) is 182 cm³/mol. The minimum Gasteiger partial charge on any atom is -0.436 e. The fraction of sp³-hybridized carbons (Fsp3) is 0.455. The molecule has 3 N–H and O–H groups in total. The largest absolute Gasteiger partial charge is 0.436 e. The number of rotatable bonds is 11. The lowest BCUT2D eigenvalue weighted by molar-refractivity contribution is -0.141. The average Bonchev–Trinajstić information content (AvgIpc) is 3.04. The van der Waals surface area contributed by atoms with Crippen molar-refractivity contribution >= 4 is 47.1 Å². The lowest BCUT2D eigenvalue weighted by Crippen LogP contribution is -2.49. The second-order valence-electron chi connectivity index (χ2n) is 12.3. The number of hydrogen-bond acceptors (Lipinski definition) is 11. The van der Waals surface area contributed by atoms with Gasteiger partial charge in [0.05, 0.1) is 24.0 Å². The van der Waals surface area contributed by atoms with Crippen LogP contribution in [0.4, 0.5) is 10.7 Å². The Kier molecular flexibility index (Phi) is 12.0. The highest BCUT2D eigenvalue weighted by molar-refractivity contribution is 6.35. The summed E-state index contributed by atoms with van der Waals surface area (Å²) in [6.45, 7) is 9.69. The summed E-state index contributed by atoms with van der Waals surface area (Å²) in [6, 6.07) is 9.27. The minimum atomic E-state index is -1.09. The molecule has 48 heavy (non-hydrogen) atoms. The first-order valence-electron chi connectivity index (χ1n) is 15.9. The van der Waals surface area contributed by atoms with Gasteiger partial charge in [0, 0.05) is 74.4 Å². The summed E-state index contributed by atoms with van der Waals surface area (Å²) in [6.07, 6.45) is 4.18. The maximum absolute atomic E-state index is 11.9. The van der Waals surface area contributed by atoms with Gasteiger partial charge in [-0.3, -0.25) is 19.4 Å². The number of nitrogens with zero attached hydrogens (tertiary/aromatic N) is 6. The van der Waals surface area contributed by atoms with Crippen LogP contribution in [0.2, 0.25) is 10.0 Å². The standard InChI is InChI=1S/C33H40Cl2N8O5/c1-21(31(45)48-32(36)46)19-42-7-9-43(10-8-42)33-38-17-28(18-39-33)47-30-12-24(11-29(40-30)25-13-26(34)15-27(35)14-25)20-41-5-3-23(4-6-41)16-37-22(2)44/h11-15,17-18,21,23H,3-10,16,19-20H2,1-2H3,(H2,36,46)(H,37,44). The molecule has 2 fully saturated rings. The summed E-state index contributed by atoms with van der Waals surface area (Å²) in [5.41, 5.74) is 7.44. The van der Waals surface area contributed by atoms with E-state index < -0.39 is 18.0 Å². The molecule has 1 atom stereocenters. The molecule has 2 amide bonds. The number of likely N-dealkylation sites (tertiary alicyclic amines) is 1. The molecule has 2 aromatic heterocycles. The normalized spacial score (nSPS) is 16.7. The number of hydrogen-bond donors (Lipinski definition) is 2. The number of carbonyl (C=O) groups is 3. The number of ether oxygens (including phenoxy) is 2. The molecule has 5 rings (SSSR count). The molecule has 1 unspecified atom stereocenters. The van der Waals surface area contributed by atoms with E-state index in [0.717, 1.165) is 37.1 Å². The van der Waals surface area contributed by atoms with Gasteiger partial charge in [-0.05, 0) is 61.7 Å². The van der Waals surface area contributed by atoms with Crippen LogP contribution in [0.1, 0.15) is 32.3 Å². The van der Waals surface area contributed by atoms with Gasteiger partial charge in [-0.1, -0.05) is 30.1 Å². The summed E-state index contributed by atoms with van der Waals surface area (Å²) in [7, 11) is 0. The van der Waals surface area contributed by atoms with E-state index in [0.29, 0.717) is 85.0 Å². The van der Waals surface area contributed by atoms with E-state index >= 15 is 0 Å². The summed E-state index contributed by atoms with van der Waals surface area (Å²) in [5.74, 6) is 0.777. The van der Waals surface area contributed by atoms with Gasteiger partial charge >= 0.3 is 12.1 Å². The number of pyridine rings is 1. The first-order valence-corrected chi connectivity index (χ1v) is 16.7. The molecule has 15 heteroatoms. The Labute approximate surface area is 289 Å². The Morgan fingerprint density at radius 3 is 2.25 bits per heavy atom. The zero-order valence-corrected chi connectivity index (χ0v) is 28.5. The Morgan fingerprint density at radius 1 is 0.958 bits per heavy atom. The maximum atomic E-state index is 11.9. The van der Waals surface area contributed by atoms with E-state index in [9.17, 15) is 14.4 Å². The molecule has 1 aromatic carbocycles. The van der Waals surface area contributed by atoms with Gasteiger partial charge in [0.1, 0.15) is 0 Å². The summed E-state index contributed by atoms with van der Waals surface area (Å²) in [4.78, 5) is 54.6. The molecule has 0 bridgehead atoms. The third-order valence-corrected chi connectivity index (χ3v) is 8.84. The van der Waals surface area contributed by atoms with Crippen LogP contribution >= 0.6 is 23.2 Å². The van der Waals surface area contributed by atoms with Crippen LogP contribution in [0.25, 0.3) is 11.3 Å². The third kappa shape index (κ3) is 10.2. The Bertz CT molecular complexity index is 1580. The maximum Gasteiger partial charge on any atom is 0.412 e. The van der Waals surface area contributed by atoms with Crippen molar-refractivity contribution in [2.45, 2.75) is 33.2 Å². The molecule has 0 saturated carbocycles. The Balaban J connectivity index is 1.23. The van der Waals surface area contributed by atoms with E-state index in [1.165, 1.54) is 0 Å². The van der Waals surface area contributed by atoms with Crippen LogP contribution in [0.15, 0.2) is 42.7 Å². The fourth-order valence-electron chi connectivity index (χ4n) is 5.89. The highest BCUT2D eigenvalue weighted by Crippen LogP contribution is 2.31. The molecular formula is C33H40Cl2N8O5. The van der Waals surface area contributed by atoms with Gasteiger partial charge in [0.15, 0.2) is 5.75 Å². The molecule has 0 radical (unpaired) electrons. The number of nitrogens with two attached hydrogens (primary N) is 1. The number of halogens is 2. The van der Waals surface area contributed by atoms with Crippen LogP contribution in [0.5, 0.6) is 11.6 Å². The van der Waals surface area contributed by atoms with Gasteiger partial charge < -0.3 is 25.4 Å². The number of amides is 2. The molecule has 2 aliphatic rings. The van der Waals surface area contributed by atoms with E-state index in [4.69, 9.17) is 38.7 Å². The second kappa shape index (κ2) is 16.4. The van der Waals surface area contributed by atoms with Crippen LogP contribution in [0.3, 0.4) is 0 Å². The van der Waals surface area contributed by atoms with E-state index in [1.807, 2.05) is 24.3 Å². The van der Waals surface area contributed by atoms with Gasteiger partial charge in [-0.25, -0.2) is 19.7 Å². The van der Waals surface area contributed by atoms with Gasteiger partial charge in [-0.2, -0.15) is 0 Å². The van der Waals surface area contributed by atoms with E-state index in [1.54, 1.807) is 32.3 Å². The Hall–Kier alpha value is -4.04. The summed E-state index contributed by atoms with van der Waals surface area (Å²) < 4.78 is 10.7. The number of carbonyl (C=O) groups excluding carboxylic acids is 3. The molecular weight excluding hydrogens is 659 g/mol. The molecule has 2 saturated heterocycles. The second-order valence-corrected chi connectivity index (χ2v) is 13.1. The zero-order chi connectivity index (χ0) is 34.2. The van der Waals surface area contributed by atoms with Crippen molar-refractivity contribution in [1.82, 2.24) is 30.1 Å². The monoisotopic (exact) mass is 698 g/mol. The average molecular weight is 700 g/mol. The number of piperazine rings is 1. The number of benzene rings is 1. The smallest absolute Gasteiger partial charge is 0.412 e. The van der Waals surface area contributed by atoms with Crippen LogP contribution in [-0.2, 0) is 20.9 Å². The molecule has 0 spiro atoms. The first-order chi connectivity index (χ1) is 23.0. The van der Waals surface area contributed by atoms with Crippen LogP contribution in [0, 0.1) is 11.8 Å². The topological polar surface area (TPSA) is 156 Å². The number of primary amides is 1. The predicted octanol–water partition coefficient (Wildman–Crippen LogP) is 4.37. The number of anilines is 1. The molecule has 13 nitrogen and oxygen atoms in total. The van der Waals surface area contributed by atoms with Gasteiger partial charge in [-0.15, -0.1) is 0 Å². The summed E-state index contributed by atoms with van der Waals surface area (Å²) in [5, 5.41) is 3.96. The number of esters is 1. The fourth-order valence-corrected chi connectivity index (χ4v) is 6.41. The van der Waals surface area contributed by atoms with Crippen molar-refractivity contribution in [2.75, 3.05) is 57.3 Å². The molecule has 2 aliphatic heterocycles. The van der Waals surface area contributed by atoms with Crippen LogP contribution in [-0.4, -0.2) is 95.1 Å². The van der Waals surface area contributed by atoms with Crippen molar-refractivity contribution in [3.05, 3.63) is 58.3 Å². The first kappa shape index (κ1) is 35.3. The zero-order valence-electron chi connectivity index (χ0n) is 27.0. The van der Waals surface area contributed by atoms with Gasteiger partial charge in [0.25, 0.3) is 0 Å². The van der Waals surface area contributed by atoms with Gasteiger partial charge in [0.2, 0.25) is 17.7 Å². The van der Waals surface area contributed by atoms with Crippen molar-refractivity contribution < 1.29 is 23.9 Å². The molecule has 0 aliphatic carbocycles. The lowest BCUT2D eigenvalue weighted by atomic mass is 9.96. The van der Waals surface area contributed by atoms with Crippen molar-refractivity contribution in [3.63, 3.8) is 0 Å². The van der Waals surface area contributed by atoms with Crippen molar-refractivity contribution in [3.8, 4) is 22.9 Å².